The molecule has 1 fully saturated rings. The molecule has 3 aromatic heterocycles. The Morgan fingerprint density at radius 2 is 1.90 bits per heavy atom. The topological polar surface area (TPSA) is 63.0 Å². The molecule has 3 aromatic rings. The lowest BCUT2D eigenvalue weighted by Gasteiger charge is -2.35. The molecule has 1 aliphatic carbocycles. The van der Waals surface area contributed by atoms with Gasteiger partial charge in [0.25, 0.3) is 0 Å². The van der Waals surface area contributed by atoms with Crippen LogP contribution in [-0.4, -0.2) is 55.8 Å². The van der Waals surface area contributed by atoms with Crippen LogP contribution in [0.25, 0.3) is 10.2 Å². The van der Waals surface area contributed by atoms with E-state index in [1.807, 2.05) is 11.3 Å². The number of nitrogens with zero attached hydrogens (tertiary/aromatic N) is 7. The van der Waals surface area contributed by atoms with Crippen molar-refractivity contribution in [3.05, 3.63) is 28.4 Å². The summed E-state index contributed by atoms with van der Waals surface area (Å²) >= 11 is 1.89. The van der Waals surface area contributed by atoms with Crippen LogP contribution in [0.5, 0.6) is 0 Å². The van der Waals surface area contributed by atoms with Gasteiger partial charge >= 0.3 is 0 Å². The first-order valence-corrected chi connectivity index (χ1v) is 12.7. The highest BCUT2D eigenvalue weighted by molar-refractivity contribution is 7.19. The number of aryl methyl sites for hydroxylation is 2. The van der Waals surface area contributed by atoms with Gasteiger partial charge in [-0.15, -0.1) is 21.5 Å². The van der Waals surface area contributed by atoms with Crippen molar-refractivity contribution in [1.82, 2.24) is 29.6 Å². The molecule has 3 aliphatic rings. The zero-order valence-electron chi connectivity index (χ0n) is 18.4. The van der Waals surface area contributed by atoms with Crippen molar-refractivity contribution >= 4 is 27.4 Å². The third-order valence-corrected chi connectivity index (χ3v) is 8.46. The van der Waals surface area contributed by atoms with Crippen molar-refractivity contribution in [1.29, 1.82) is 0 Å². The molecule has 1 saturated heterocycles. The molecule has 0 saturated carbocycles. The first kappa shape index (κ1) is 19.6. The van der Waals surface area contributed by atoms with Crippen LogP contribution in [0.2, 0.25) is 0 Å². The molecule has 0 aromatic carbocycles. The van der Waals surface area contributed by atoms with E-state index in [9.17, 15) is 0 Å². The van der Waals surface area contributed by atoms with E-state index in [1.54, 1.807) is 11.2 Å². The fourth-order valence-corrected chi connectivity index (χ4v) is 6.82. The highest BCUT2D eigenvalue weighted by atomic mass is 32.1. The van der Waals surface area contributed by atoms with Gasteiger partial charge in [-0.05, 0) is 43.6 Å². The fourth-order valence-electron chi connectivity index (χ4n) is 5.48. The Morgan fingerprint density at radius 1 is 1.00 bits per heavy atom. The standard InChI is InChI=1S/C23H31N7S/c1-16-6-7-17-18(13-16)31-23-21(17)22(24-15-25-23)29-11-9-28(10-12-29)14-20-27-26-19-5-3-2-4-8-30(19)20/h15-16H,2-14H2,1H3. The Hall–Kier alpha value is -2.06. The highest BCUT2D eigenvalue weighted by Crippen LogP contribution is 2.40. The zero-order chi connectivity index (χ0) is 20.8. The van der Waals surface area contributed by atoms with E-state index in [2.05, 4.69) is 36.5 Å². The summed E-state index contributed by atoms with van der Waals surface area (Å²) in [5.74, 6) is 4.28. The van der Waals surface area contributed by atoms with Gasteiger partial charge in [-0.2, -0.15) is 0 Å². The normalized spacial score (nSPS) is 22.4. The molecule has 1 atom stereocenters. The molecule has 7 nitrogen and oxygen atoms in total. The van der Waals surface area contributed by atoms with Crippen molar-refractivity contribution < 1.29 is 0 Å². The Labute approximate surface area is 187 Å². The van der Waals surface area contributed by atoms with Crippen LogP contribution in [0.3, 0.4) is 0 Å². The maximum atomic E-state index is 4.78. The van der Waals surface area contributed by atoms with Gasteiger partial charge in [-0.1, -0.05) is 13.3 Å². The average molecular weight is 438 g/mol. The lowest BCUT2D eigenvalue weighted by atomic mass is 9.89. The maximum Gasteiger partial charge on any atom is 0.147 e. The largest absolute Gasteiger partial charge is 0.353 e. The van der Waals surface area contributed by atoms with Gasteiger partial charge in [0.15, 0.2) is 0 Å². The predicted octanol–water partition coefficient (Wildman–Crippen LogP) is 3.46. The molecule has 31 heavy (non-hydrogen) atoms. The molecule has 164 valence electrons. The van der Waals surface area contributed by atoms with Gasteiger partial charge in [-0.25, -0.2) is 9.97 Å². The number of piperazine rings is 1. The second kappa shape index (κ2) is 8.13. The van der Waals surface area contributed by atoms with Gasteiger partial charge in [0.1, 0.15) is 28.6 Å². The SMILES string of the molecule is CC1CCc2c(sc3ncnc(N4CCN(Cc5nnc6n5CCCCC6)CC4)c23)C1. The summed E-state index contributed by atoms with van der Waals surface area (Å²) in [5.41, 5.74) is 1.53. The van der Waals surface area contributed by atoms with Gasteiger partial charge in [0.2, 0.25) is 0 Å². The summed E-state index contributed by atoms with van der Waals surface area (Å²) in [4.78, 5) is 17.1. The first-order chi connectivity index (χ1) is 15.3. The molecule has 0 radical (unpaired) electrons. The minimum atomic E-state index is 0.785. The summed E-state index contributed by atoms with van der Waals surface area (Å²) in [5, 5.41) is 10.4. The Bertz CT molecular complexity index is 1080. The van der Waals surface area contributed by atoms with E-state index >= 15 is 0 Å². The van der Waals surface area contributed by atoms with Crippen LogP contribution < -0.4 is 4.90 Å². The Morgan fingerprint density at radius 3 is 2.81 bits per heavy atom. The molecule has 0 bridgehead atoms. The Kier molecular flexibility index (Phi) is 5.14. The number of hydrogen-bond acceptors (Lipinski definition) is 7. The molecule has 5 heterocycles. The summed E-state index contributed by atoms with van der Waals surface area (Å²) in [6.45, 7) is 8.45. The molecule has 0 amide bonds. The lowest BCUT2D eigenvalue weighted by Crippen LogP contribution is -2.46. The average Bonchev–Trinajstić information content (AvgIpc) is 3.25. The van der Waals surface area contributed by atoms with E-state index in [0.717, 1.165) is 63.2 Å². The molecule has 0 spiro atoms. The van der Waals surface area contributed by atoms with Crippen molar-refractivity contribution in [2.24, 2.45) is 5.92 Å². The Balaban J connectivity index is 1.18. The number of fused-ring (bicyclic) bond motifs is 4. The summed E-state index contributed by atoms with van der Waals surface area (Å²) in [6, 6.07) is 0. The van der Waals surface area contributed by atoms with Crippen LogP contribution in [0.15, 0.2) is 6.33 Å². The number of anilines is 1. The molecule has 1 unspecified atom stereocenters. The third-order valence-electron chi connectivity index (χ3n) is 7.29. The predicted molar refractivity (Wildman–Crippen MR) is 124 cm³/mol. The third kappa shape index (κ3) is 3.63. The van der Waals surface area contributed by atoms with Crippen LogP contribution in [0.1, 0.15) is 54.7 Å². The monoisotopic (exact) mass is 437 g/mol. The minimum Gasteiger partial charge on any atom is -0.353 e. The second-order valence-corrected chi connectivity index (χ2v) is 10.6. The molecule has 2 aliphatic heterocycles. The summed E-state index contributed by atoms with van der Waals surface area (Å²) in [7, 11) is 0. The van der Waals surface area contributed by atoms with Crippen LogP contribution in [0, 0.1) is 5.92 Å². The zero-order valence-corrected chi connectivity index (χ0v) is 19.2. The van der Waals surface area contributed by atoms with Gasteiger partial charge < -0.3 is 9.47 Å². The van der Waals surface area contributed by atoms with Crippen LogP contribution in [-0.2, 0) is 32.4 Å². The number of hydrogen-bond donors (Lipinski definition) is 0. The fraction of sp³-hybridized carbons (Fsp3) is 0.652. The van der Waals surface area contributed by atoms with Crippen LogP contribution in [0.4, 0.5) is 5.82 Å². The van der Waals surface area contributed by atoms with E-state index < -0.39 is 0 Å². The van der Waals surface area contributed by atoms with Gasteiger partial charge in [0, 0.05) is 44.0 Å². The van der Waals surface area contributed by atoms with E-state index in [1.165, 1.54) is 60.1 Å². The molecular weight excluding hydrogens is 406 g/mol. The molecule has 0 N–H and O–H groups in total. The number of thiophene rings is 1. The van der Waals surface area contributed by atoms with Crippen molar-refractivity contribution in [2.45, 2.75) is 65.0 Å². The number of rotatable bonds is 3. The highest BCUT2D eigenvalue weighted by Gasteiger charge is 2.27. The van der Waals surface area contributed by atoms with Gasteiger partial charge in [0.05, 0.1) is 11.9 Å². The number of aromatic nitrogens is 5. The van der Waals surface area contributed by atoms with E-state index in [-0.39, 0.29) is 0 Å². The first-order valence-electron chi connectivity index (χ1n) is 11.9. The lowest BCUT2D eigenvalue weighted by molar-refractivity contribution is 0.239. The van der Waals surface area contributed by atoms with E-state index in [4.69, 9.17) is 4.98 Å². The van der Waals surface area contributed by atoms with Crippen molar-refractivity contribution in [3.63, 3.8) is 0 Å². The van der Waals surface area contributed by atoms with Crippen molar-refractivity contribution in [2.75, 3.05) is 31.1 Å². The van der Waals surface area contributed by atoms with Crippen LogP contribution >= 0.6 is 11.3 Å². The maximum absolute atomic E-state index is 4.78. The summed E-state index contributed by atoms with van der Waals surface area (Å²) in [6.07, 6.45) is 10.3. The molecular formula is C23H31N7S. The van der Waals surface area contributed by atoms with Crippen molar-refractivity contribution in [3.8, 4) is 0 Å². The second-order valence-electron chi connectivity index (χ2n) is 9.49. The quantitative estimate of drug-likeness (QED) is 0.625. The molecule has 8 heteroatoms. The van der Waals surface area contributed by atoms with Gasteiger partial charge in [-0.3, -0.25) is 4.90 Å². The smallest absolute Gasteiger partial charge is 0.147 e. The van der Waals surface area contributed by atoms with E-state index in [0.29, 0.717) is 0 Å². The summed E-state index contributed by atoms with van der Waals surface area (Å²) < 4.78 is 2.38. The molecule has 6 rings (SSSR count). The minimum absolute atomic E-state index is 0.785.